The quantitative estimate of drug-likeness (QED) is 0.680. The minimum atomic E-state index is -0.647. The summed E-state index contributed by atoms with van der Waals surface area (Å²) in [5, 5.41) is 3.15. The minimum Gasteiger partial charge on any atom is -0.481 e. The summed E-state index contributed by atoms with van der Waals surface area (Å²) in [5.74, 6) is 0.202. The number of guanidine groups is 1. The Labute approximate surface area is 172 Å². The fourth-order valence-corrected chi connectivity index (χ4v) is 3.30. The van der Waals surface area contributed by atoms with Gasteiger partial charge in [0.2, 0.25) is 11.8 Å². The molecule has 0 fully saturated rings. The second-order valence-electron chi connectivity index (χ2n) is 6.92. The number of benzene rings is 1. The number of imidazole rings is 1. The lowest BCUT2D eigenvalue weighted by molar-refractivity contribution is 0.393. The van der Waals surface area contributed by atoms with Crippen molar-refractivity contribution in [3.8, 4) is 5.88 Å². The van der Waals surface area contributed by atoms with Crippen molar-refractivity contribution in [2.75, 3.05) is 12.0 Å². The summed E-state index contributed by atoms with van der Waals surface area (Å²) < 4.78 is 32.7. The number of rotatable bonds is 4. The van der Waals surface area contributed by atoms with Gasteiger partial charge in [-0.15, -0.1) is 0 Å². The highest BCUT2D eigenvalue weighted by molar-refractivity contribution is 6.06. The maximum atomic E-state index is 13.7. The van der Waals surface area contributed by atoms with Gasteiger partial charge in [0.25, 0.3) is 0 Å². The minimum absolute atomic E-state index is 0.146. The maximum Gasteiger partial charge on any atom is 0.216 e. The van der Waals surface area contributed by atoms with Gasteiger partial charge >= 0.3 is 0 Å². The van der Waals surface area contributed by atoms with E-state index in [2.05, 4.69) is 26.8 Å². The molecule has 1 aromatic carbocycles. The van der Waals surface area contributed by atoms with Gasteiger partial charge in [0.1, 0.15) is 17.3 Å². The van der Waals surface area contributed by atoms with E-state index in [1.54, 1.807) is 12.0 Å². The van der Waals surface area contributed by atoms with Crippen LogP contribution in [0.2, 0.25) is 0 Å². The van der Waals surface area contributed by atoms with E-state index in [1.165, 1.54) is 18.5 Å². The Morgan fingerprint density at radius 3 is 2.60 bits per heavy atom. The molecule has 0 amide bonds. The van der Waals surface area contributed by atoms with E-state index in [0.717, 1.165) is 11.6 Å². The van der Waals surface area contributed by atoms with Crippen molar-refractivity contribution in [1.82, 2.24) is 20.3 Å². The predicted octanol–water partition coefficient (Wildman–Crippen LogP) is 3.98. The van der Waals surface area contributed by atoms with Crippen molar-refractivity contribution in [2.45, 2.75) is 20.4 Å². The van der Waals surface area contributed by atoms with E-state index < -0.39 is 11.6 Å². The molecule has 1 aliphatic rings. The molecule has 0 unspecified atom stereocenters. The molecule has 0 spiro atoms. The van der Waals surface area contributed by atoms with Crippen LogP contribution in [0.3, 0.4) is 0 Å². The van der Waals surface area contributed by atoms with Crippen molar-refractivity contribution in [2.24, 2.45) is 4.99 Å². The van der Waals surface area contributed by atoms with Crippen LogP contribution in [0.15, 0.2) is 42.2 Å². The average Bonchev–Trinajstić information content (AvgIpc) is 3.17. The Bertz CT molecular complexity index is 1150. The summed E-state index contributed by atoms with van der Waals surface area (Å²) in [7, 11) is 1.56. The van der Waals surface area contributed by atoms with Crippen LogP contribution in [0.4, 0.5) is 20.3 Å². The summed E-state index contributed by atoms with van der Waals surface area (Å²) in [4.78, 5) is 18.2. The second kappa shape index (κ2) is 7.58. The highest BCUT2D eigenvalue weighted by Crippen LogP contribution is 2.30. The van der Waals surface area contributed by atoms with Crippen molar-refractivity contribution in [1.29, 1.82) is 0 Å². The van der Waals surface area contributed by atoms with E-state index in [0.29, 0.717) is 46.0 Å². The fourth-order valence-electron chi connectivity index (χ4n) is 3.30. The third-order valence-electron chi connectivity index (χ3n) is 4.71. The van der Waals surface area contributed by atoms with Gasteiger partial charge in [-0.1, -0.05) is 6.58 Å². The molecule has 3 heterocycles. The van der Waals surface area contributed by atoms with Gasteiger partial charge in [-0.25, -0.2) is 23.7 Å². The van der Waals surface area contributed by atoms with Crippen LogP contribution in [-0.2, 0) is 6.54 Å². The zero-order valence-corrected chi connectivity index (χ0v) is 16.8. The van der Waals surface area contributed by atoms with Gasteiger partial charge in [0.05, 0.1) is 37.1 Å². The van der Waals surface area contributed by atoms with Gasteiger partial charge in [-0.05, 0) is 37.6 Å². The van der Waals surface area contributed by atoms with Crippen LogP contribution in [0.25, 0.3) is 5.70 Å². The number of aromatic amines is 1. The van der Waals surface area contributed by atoms with Crippen LogP contribution in [0.1, 0.15) is 22.5 Å². The number of H-pyrrole nitrogens is 1. The topological polar surface area (TPSA) is 78.4 Å². The van der Waals surface area contributed by atoms with E-state index in [9.17, 15) is 8.78 Å². The van der Waals surface area contributed by atoms with Crippen LogP contribution in [0, 0.1) is 25.5 Å². The number of nitrogens with zero attached hydrogens (tertiary/aromatic N) is 4. The SMILES string of the molecule is C=C1NC(=Nc2cc(C)c(OC)nc2C)N(Cc2cc(F)cc(F)c2)c2nc[nH]c21. The van der Waals surface area contributed by atoms with E-state index in [1.807, 2.05) is 19.9 Å². The standard InChI is InChI=1S/C21H20F2N6O/c1-11-5-17(12(2)26-20(11)30-4)28-21-27-13(3)18-19(25-10-24-18)29(21)9-14-6-15(22)8-16(23)7-14/h5-8,10H,3,9H2,1-2,4H3,(H,24,25)(H,27,28). The number of anilines is 1. The number of pyridine rings is 1. The number of halogens is 2. The van der Waals surface area contributed by atoms with E-state index in [4.69, 9.17) is 9.73 Å². The summed E-state index contributed by atoms with van der Waals surface area (Å²) >= 11 is 0. The van der Waals surface area contributed by atoms with Gasteiger partial charge < -0.3 is 15.0 Å². The first-order valence-electron chi connectivity index (χ1n) is 9.19. The van der Waals surface area contributed by atoms with Crippen LogP contribution in [0.5, 0.6) is 5.88 Å². The number of hydrogen-bond acceptors (Lipinski definition) is 4. The number of aryl methyl sites for hydroxylation is 2. The molecule has 7 nitrogen and oxygen atoms in total. The summed E-state index contributed by atoms with van der Waals surface area (Å²) in [6.07, 6.45) is 1.53. The number of hydrogen-bond donors (Lipinski definition) is 2. The Morgan fingerprint density at radius 2 is 1.90 bits per heavy atom. The Morgan fingerprint density at radius 1 is 1.17 bits per heavy atom. The molecule has 2 N–H and O–H groups in total. The first kappa shape index (κ1) is 19.6. The summed E-state index contributed by atoms with van der Waals surface area (Å²) in [6.45, 7) is 7.86. The molecular weight excluding hydrogens is 390 g/mol. The van der Waals surface area contributed by atoms with Crippen LogP contribution < -0.4 is 15.0 Å². The average molecular weight is 410 g/mol. The molecule has 1 aliphatic heterocycles. The normalized spacial score (nSPS) is 14.6. The monoisotopic (exact) mass is 410 g/mol. The van der Waals surface area contributed by atoms with Gasteiger partial charge in [-0.2, -0.15) is 0 Å². The van der Waals surface area contributed by atoms with Crippen LogP contribution in [-0.4, -0.2) is 28.0 Å². The molecule has 0 saturated heterocycles. The summed E-state index contributed by atoms with van der Waals surface area (Å²) in [5.41, 5.74) is 3.81. The number of ether oxygens (including phenoxy) is 1. The number of nitrogens with one attached hydrogen (secondary N) is 2. The lowest BCUT2D eigenvalue weighted by Gasteiger charge is -2.31. The fraction of sp³-hybridized carbons (Fsp3) is 0.190. The summed E-state index contributed by atoms with van der Waals surface area (Å²) in [6, 6.07) is 5.25. The van der Waals surface area contributed by atoms with Gasteiger partial charge in [-0.3, -0.25) is 4.90 Å². The molecule has 2 aromatic heterocycles. The lowest BCUT2D eigenvalue weighted by Crippen LogP contribution is -2.44. The van der Waals surface area contributed by atoms with Crippen molar-refractivity contribution in [3.63, 3.8) is 0 Å². The Hall–Kier alpha value is -3.75. The van der Waals surface area contributed by atoms with E-state index >= 15 is 0 Å². The second-order valence-corrected chi connectivity index (χ2v) is 6.92. The van der Waals surface area contributed by atoms with Crippen LogP contribution >= 0.6 is 0 Å². The maximum absolute atomic E-state index is 13.7. The molecule has 0 radical (unpaired) electrons. The molecular formula is C21H20F2N6O. The number of aliphatic imine (C=N–C) groups is 1. The third-order valence-corrected chi connectivity index (χ3v) is 4.71. The third kappa shape index (κ3) is 3.61. The number of aromatic nitrogens is 3. The first-order valence-corrected chi connectivity index (χ1v) is 9.19. The van der Waals surface area contributed by atoms with Crippen molar-refractivity contribution < 1.29 is 13.5 Å². The van der Waals surface area contributed by atoms with Gasteiger partial charge in [0, 0.05) is 11.6 Å². The zero-order chi connectivity index (χ0) is 21.4. The molecule has 0 atom stereocenters. The zero-order valence-electron chi connectivity index (χ0n) is 16.8. The smallest absolute Gasteiger partial charge is 0.216 e. The van der Waals surface area contributed by atoms with E-state index in [-0.39, 0.29) is 6.54 Å². The number of fused-ring (bicyclic) bond motifs is 1. The molecule has 0 bridgehead atoms. The molecule has 0 aliphatic carbocycles. The largest absolute Gasteiger partial charge is 0.481 e. The number of methoxy groups -OCH3 is 1. The molecule has 154 valence electrons. The van der Waals surface area contributed by atoms with Crippen molar-refractivity contribution >= 4 is 23.2 Å². The highest BCUT2D eigenvalue weighted by Gasteiger charge is 2.28. The Balaban J connectivity index is 1.80. The predicted molar refractivity (Wildman–Crippen MR) is 111 cm³/mol. The molecule has 4 rings (SSSR count). The lowest BCUT2D eigenvalue weighted by atomic mass is 10.1. The molecule has 3 aromatic rings. The Kier molecular flexibility index (Phi) is 4.94. The molecule has 0 saturated carbocycles. The highest BCUT2D eigenvalue weighted by atomic mass is 19.1. The van der Waals surface area contributed by atoms with Gasteiger partial charge in [0.15, 0.2) is 5.82 Å². The molecule has 30 heavy (non-hydrogen) atoms. The van der Waals surface area contributed by atoms with Crippen molar-refractivity contribution in [3.05, 3.63) is 71.3 Å². The first-order chi connectivity index (χ1) is 14.4. The molecule has 9 heteroatoms.